The Hall–Kier alpha value is -1.39. The number of aldehydes is 1. The van der Waals surface area contributed by atoms with Crippen LogP contribution in [0.4, 0.5) is 0 Å². The number of aromatic nitrogens is 2. The number of methoxy groups -OCH3 is 1. The topological polar surface area (TPSA) is 44.1 Å². The van der Waals surface area contributed by atoms with Crippen molar-refractivity contribution in [3.05, 3.63) is 28.9 Å². The summed E-state index contributed by atoms with van der Waals surface area (Å²) in [5, 5.41) is 5.66. The number of nitrogens with zero attached hydrogens (tertiary/aromatic N) is 2. The van der Waals surface area contributed by atoms with E-state index in [1.54, 1.807) is 19.2 Å². The van der Waals surface area contributed by atoms with E-state index in [0.717, 1.165) is 30.2 Å². The van der Waals surface area contributed by atoms with Crippen LogP contribution >= 0.6 is 11.6 Å². The van der Waals surface area contributed by atoms with Gasteiger partial charge in [-0.15, -0.1) is 0 Å². The van der Waals surface area contributed by atoms with Crippen molar-refractivity contribution in [3.63, 3.8) is 0 Å². The molecule has 0 saturated heterocycles. The van der Waals surface area contributed by atoms with Gasteiger partial charge >= 0.3 is 0 Å². The molecule has 0 amide bonds. The first kappa shape index (κ1) is 12.1. The second kappa shape index (κ2) is 5.29. The average molecular weight is 253 g/mol. The minimum absolute atomic E-state index is 0.430. The molecular formula is C12H13ClN2O2. The molecule has 0 aliphatic carbocycles. The molecule has 0 saturated carbocycles. The van der Waals surface area contributed by atoms with Gasteiger partial charge in [0.15, 0.2) is 6.29 Å². The Labute approximate surface area is 104 Å². The molecule has 4 nitrogen and oxygen atoms in total. The van der Waals surface area contributed by atoms with E-state index in [9.17, 15) is 4.79 Å². The third-order valence-electron chi connectivity index (χ3n) is 2.57. The second-order valence-electron chi connectivity index (χ2n) is 3.73. The van der Waals surface area contributed by atoms with Crippen LogP contribution in [-0.4, -0.2) is 29.8 Å². The van der Waals surface area contributed by atoms with Crippen LogP contribution in [0.1, 0.15) is 16.9 Å². The number of carbonyl (C=O) groups excluding carboxylic acids is 1. The van der Waals surface area contributed by atoms with Crippen LogP contribution in [-0.2, 0) is 11.3 Å². The van der Waals surface area contributed by atoms with Crippen LogP contribution in [0.25, 0.3) is 10.9 Å². The van der Waals surface area contributed by atoms with Gasteiger partial charge in [0, 0.05) is 30.7 Å². The summed E-state index contributed by atoms with van der Waals surface area (Å²) in [5.41, 5.74) is 1.35. The van der Waals surface area contributed by atoms with Crippen molar-refractivity contribution in [3.8, 4) is 0 Å². The van der Waals surface area contributed by atoms with Gasteiger partial charge in [0.25, 0.3) is 0 Å². The van der Waals surface area contributed by atoms with Crippen LogP contribution in [0.2, 0.25) is 5.02 Å². The quantitative estimate of drug-likeness (QED) is 0.607. The number of fused-ring (bicyclic) bond motifs is 1. The maximum absolute atomic E-state index is 10.9. The summed E-state index contributed by atoms with van der Waals surface area (Å²) >= 11 is 5.91. The molecule has 0 fully saturated rings. The number of aryl methyl sites for hydroxylation is 1. The summed E-state index contributed by atoms with van der Waals surface area (Å²) in [6.07, 6.45) is 1.61. The lowest BCUT2D eigenvalue weighted by molar-refractivity contribution is 0.111. The number of hydrogen-bond acceptors (Lipinski definition) is 3. The van der Waals surface area contributed by atoms with E-state index in [1.807, 2.05) is 10.7 Å². The fraction of sp³-hybridized carbons (Fsp3) is 0.333. The van der Waals surface area contributed by atoms with Crippen molar-refractivity contribution in [2.24, 2.45) is 0 Å². The van der Waals surface area contributed by atoms with E-state index in [4.69, 9.17) is 16.3 Å². The lowest BCUT2D eigenvalue weighted by Crippen LogP contribution is -2.03. The molecule has 90 valence electrons. The third-order valence-corrected chi connectivity index (χ3v) is 2.81. The molecule has 0 aliphatic rings. The van der Waals surface area contributed by atoms with Gasteiger partial charge in [0.1, 0.15) is 5.69 Å². The largest absolute Gasteiger partial charge is 0.385 e. The molecule has 17 heavy (non-hydrogen) atoms. The molecule has 2 aromatic rings. The number of rotatable bonds is 5. The van der Waals surface area contributed by atoms with Crippen LogP contribution in [0.3, 0.4) is 0 Å². The Morgan fingerprint density at radius 2 is 2.35 bits per heavy atom. The Balaban J connectivity index is 2.39. The SMILES string of the molecule is COCCCn1nc(C=O)c2cc(Cl)ccc21. The van der Waals surface area contributed by atoms with Gasteiger partial charge in [-0.3, -0.25) is 9.48 Å². The summed E-state index contributed by atoms with van der Waals surface area (Å²) in [4.78, 5) is 10.9. The molecule has 1 aromatic carbocycles. The molecule has 0 radical (unpaired) electrons. The molecule has 2 rings (SSSR count). The van der Waals surface area contributed by atoms with Crippen molar-refractivity contribution in [2.45, 2.75) is 13.0 Å². The van der Waals surface area contributed by atoms with Gasteiger partial charge in [-0.2, -0.15) is 5.10 Å². The summed E-state index contributed by atoms with van der Waals surface area (Å²) < 4.78 is 6.81. The maximum Gasteiger partial charge on any atom is 0.170 e. The van der Waals surface area contributed by atoms with Crippen LogP contribution in [0, 0.1) is 0 Å². The molecule has 0 N–H and O–H groups in total. The Bertz CT molecular complexity index is 537. The van der Waals surface area contributed by atoms with Gasteiger partial charge in [0.2, 0.25) is 0 Å². The number of carbonyl (C=O) groups is 1. The van der Waals surface area contributed by atoms with Crippen molar-refractivity contribution < 1.29 is 9.53 Å². The van der Waals surface area contributed by atoms with Gasteiger partial charge in [0.05, 0.1) is 5.52 Å². The molecule has 0 bridgehead atoms. The van der Waals surface area contributed by atoms with E-state index >= 15 is 0 Å². The Morgan fingerprint density at radius 3 is 3.06 bits per heavy atom. The molecule has 1 heterocycles. The zero-order chi connectivity index (χ0) is 12.3. The summed E-state index contributed by atoms with van der Waals surface area (Å²) in [7, 11) is 1.66. The summed E-state index contributed by atoms with van der Waals surface area (Å²) in [5.74, 6) is 0. The molecule has 0 aliphatic heterocycles. The molecule has 0 unspecified atom stereocenters. The first-order chi connectivity index (χ1) is 8.26. The van der Waals surface area contributed by atoms with Crippen molar-refractivity contribution in [1.29, 1.82) is 0 Å². The van der Waals surface area contributed by atoms with E-state index in [0.29, 0.717) is 17.3 Å². The zero-order valence-electron chi connectivity index (χ0n) is 9.52. The molecule has 0 atom stereocenters. The van der Waals surface area contributed by atoms with Crippen molar-refractivity contribution >= 4 is 28.8 Å². The lowest BCUT2D eigenvalue weighted by atomic mass is 10.2. The lowest BCUT2D eigenvalue weighted by Gasteiger charge is -2.02. The summed E-state index contributed by atoms with van der Waals surface area (Å²) in [6.45, 7) is 1.39. The van der Waals surface area contributed by atoms with Crippen molar-refractivity contribution in [1.82, 2.24) is 9.78 Å². The number of ether oxygens (including phenoxy) is 1. The highest BCUT2D eigenvalue weighted by Gasteiger charge is 2.09. The van der Waals surface area contributed by atoms with E-state index in [2.05, 4.69) is 5.10 Å². The van der Waals surface area contributed by atoms with Crippen LogP contribution < -0.4 is 0 Å². The predicted octanol–water partition coefficient (Wildman–Crippen LogP) is 2.54. The highest BCUT2D eigenvalue weighted by atomic mass is 35.5. The molecule has 0 spiro atoms. The van der Waals surface area contributed by atoms with Gasteiger partial charge in [-0.25, -0.2) is 0 Å². The summed E-state index contributed by atoms with van der Waals surface area (Å²) in [6, 6.07) is 5.44. The van der Waals surface area contributed by atoms with E-state index in [-0.39, 0.29) is 0 Å². The minimum Gasteiger partial charge on any atom is -0.385 e. The maximum atomic E-state index is 10.9. The smallest absolute Gasteiger partial charge is 0.170 e. The molecule has 5 heteroatoms. The first-order valence-electron chi connectivity index (χ1n) is 5.36. The average Bonchev–Trinajstić information content (AvgIpc) is 2.67. The fourth-order valence-electron chi connectivity index (χ4n) is 1.79. The standard InChI is InChI=1S/C12H13ClN2O2/c1-17-6-2-5-15-12-4-3-9(13)7-10(12)11(8-16)14-15/h3-4,7-8H,2,5-6H2,1H3. The molecular weight excluding hydrogens is 240 g/mol. The van der Waals surface area contributed by atoms with Gasteiger partial charge in [-0.05, 0) is 24.6 Å². The highest BCUT2D eigenvalue weighted by molar-refractivity contribution is 6.31. The van der Waals surface area contributed by atoms with E-state index < -0.39 is 0 Å². The number of hydrogen-bond donors (Lipinski definition) is 0. The number of halogens is 1. The Kier molecular flexibility index (Phi) is 3.76. The van der Waals surface area contributed by atoms with Gasteiger partial charge in [-0.1, -0.05) is 11.6 Å². The predicted molar refractivity (Wildman–Crippen MR) is 66.6 cm³/mol. The molecule has 1 aromatic heterocycles. The monoisotopic (exact) mass is 252 g/mol. The fourth-order valence-corrected chi connectivity index (χ4v) is 1.96. The van der Waals surface area contributed by atoms with Crippen LogP contribution in [0.5, 0.6) is 0 Å². The number of benzene rings is 1. The normalized spacial score (nSPS) is 10.9. The third kappa shape index (κ3) is 2.48. The highest BCUT2D eigenvalue weighted by Crippen LogP contribution is 2.22. The van der Waals surface area contributed by atoms with Crippen molar-refractivity contribution in [2.75, 3.05) is 13.7 Å². The second-order valence-corrected chi connectivity index (χ2v) is 4.17. The van der Waals surface area contributed by atoms with Gasteiger partial charge < -0.3 is 4.74 Å². The first-order valence-corrected chi connectivity index (χ1v) is 5.74. The zero-order valence-corrected chi connectivity index (χ0v) is 10.3. The Morgan fingerprint density at radius 1 is 1.53 bits per heavy atom. The minimum atomic E-state index is 0.430. The van der Waals surface area contributed by atoms with E-state index in [1.165, 1.54) is 0 Å². The van der Waals surface area contributed by atoms with Crippen LogP contribution in [0.15, 0.2) is 18.2 Å².